The van der Waals surface area contributed by atoms with Crippen LogP contribution in [0, 0.1) is 18.7 Å². The topological polar surface area (TPSA) is 66.4 Å². The highest BCUT2D eigenvalue weighted by molar-refractivity contribution is 6.31. The number of carboxylic acids is 1. The number of halogens is 2. The van der Waals surface area contributed by atoms with Crippen molar-refractivity contribution in [2.45, 2.75) is 27.2 Å². The van der Waals surface area contributed by atoms with Gasteiger partial charge in [-0.05, 0) is 37.0 Å². The van der Waals surface area contributed by atoms with Crippen LogP contribution in [-0.4, -0.2) is 24.0 Å². The number of aliphatic carboxylic acids is 1. The first-order valence-corrected chi connectivity index (χ1v) is 6.49. The van der Waals surface area contributed by atoms with Crippen molar-refractivity contribution in [3.05, 3.63) is 34.1 Å². The summed E-state index contributed by atoms with van der Waals surface area (Å²) in [5, 5.41) is 10.3. The average molecular weight is 304 g/mol. The lowest BCUT2D eigenvalue weighted by Gasteiger charge is -2.09. The zero-order valence-electron chi connectivity index (χ0n) is 11.7. The summed E-state index contributed by atoms with van der Waals surface area (Å²) < 4.78 is 13.4. The minimum absolute atomic E-state index is 0.182. The number of nitrogens with one attached hydrogen (secondary N) is 1. The molecule has 0 radical (unpaired) electrons. The molecular weight excluding hydrogens is 285 g/mol. The number of benzene rings is 1. The zero-order valence-corrected chi connectivity index (χ0v) is 12.5. The molecule has 0 fully saturated rings. The maximum absolute atomic E-state index is 13.4. The Morgan fingerprint density at radius 3 is 2.45 bits per heavy atom. The summed E-state index contributed by atoms with van der Waals surface area (Å²) in [6.45, 7) is 5.64. The number of carbonyl (C=O) groups is 2. The molecule has 4 nitrogen and oxygen atoms in total. The number of aryl methyl sites for hydroxylation is 1. The molecule has 1 amide bonds. The third kappa shape index (κ3) is 7.74. The predicted molar refractivity (Wildman–Crippen MR) is 76.4 cm³/mol. The first-order chi connectivity index (χ1) is 9.27. The van der Waals surface area contributed by atoms with Crippen LogP contribution in [0.25, 0.3) is 0 Å². The highest BCUT2D eigenvalue weighted by Crippen LogP contribution is 2.23. The molecule has 0 aliphatic heterocycles. The molecule has 0 saturated heterocycles. The fraction of sp³-hybridized carbons (Fsp3) is 0.429. The van der Waals surface area contributed by atoms with Crippen LogP contribution in [0.3, 0.4) is 0 Å². The Morgan fingerprint density at radius 1 is 1.50 bits per heavy atom. The molecule has 0 bridgehead atoms. The first kappa shape index (κ1) is 18.4. The van der Waals surface area contributed by atoms with E-state index in [0.717, 1.165) is 5.56 Å². The van der Waals surface area contributed by atoms with Crippen molar-refractivity contribution in [1.29, 1.82) is 0 Å². The monoisotopic (exact) mass is 303 g/mol. The zero-order chi connectivity index (χ0) is 15.7. The molecule has 0 aliphatic carbocycles. The normalized spacial score (nSPS) is 9.70. The van der Waals surface area contributed by atoms with E-state index in [1.54, 1.807) is 0 Å². The van der Waals surface area contributed by atoms with Gasteiger partial charge >= 0.3 is 5.97 Å². The summed E-state index contributed by atoms with van der Waals surface area (Å²) >= 11 is 5.94. The van der Waals surface area contributed by atoms with Gasteiger partial charge in [-0.1, -0.05) is 25.4 Å². The molecule has 0 unspecified atom stereocenters. The van der Waals surface area contributed by atoms with Gasteiger partial charge in [0.1, 0.15) is 12.4 Å². The molecule has 112 valence electrons. The van der Waals surface area contributed by atoms with Gasteiger partial charge in [-0.2, -0.15) is 0 Å². The second-order valence-corrected chi connectivity index (χ2v) is 5.10. The van der Waals surface area contributed by atoms with Gasteiger partial charge < -0.3 is 10.4 Å². The Labute approximate surface area is 122 Å². The van der Waals surface area contributed by atoms with Crippen LogP contribution < -0.4 is 5.32 Å². The lowest BCUT2D eigenvalue weighted by Crippen LogP contribution is -2.20. The van der Waals surface area contributed by atoms with Gasteiger partial charge in [0, 0.05) is 10.6 Å². The smallest absolute Gasteiger partial charge is 0.322 e. The van der Waals surface area contributed by atoms with Gasteiger partial charge in [-0.25, -0.2) is 4.39 Å². The Balaban J connectivity index is 0.000000441. The summed E-state index contributed by atoms with van der Waals surface area (Å²) in [7, 11) is 0. The van der Waals surface area contributed by atoms with E-state index in [-0.39, 0.29) is 12.4 Å². The molecular formula is C14H19ClFNO3. The molecule has 6 heteroatoms. The maximum Gasteiger partial charge on any atom is 0.322 e. The van der Waals surface area contributed by atoms with Crippen LogP contribution >= 0.6 is 11.6 Å². The first-order valence-electron chi connectivity index (χ1n) is 6.11. The van der Waals surface area contributed by atoms with Crippen LogP contribution in [0.5, 0.6) is 0 Å². The van der Waals surface area contributed by atoms with Crippen molar-refractivity contribution in [3.63, 3.8) is 0 Å². The average Bonchev–Trinajstić information content (AvgIpc) is 2.31. The third-order valence-corrected chi connectivity index (χ3v) is 2.57. The van der Waals surface area contributed by atoms with E-state index >= 15 is 0 Å². The highest BCUT2D eigenvalue weighted by Gasteiger charge is 2.09. The SMILES string of the molecule is Cc1cc(F)c(CC(C)C)c(Cl)c1.O=CNCC(=O)O. The predicted octanol–water partition coefficient (Wildman–Crippen LogP) is 2.80. The van der Waals surface area contributed by atoms with Crippen molar-refractivity contribution in [2.24, 2.45) is 5.92 Å². The fourth-order valence-corrected chi connectivity index (χ4v) is 1.80. The van der Waals surface area contributed by atoms with E-state index in [4.69, 9.17) is 16.7 Å². The van der Waals surface area contributed by atoms with E-state index in [0.29, 0.717) is 29.3 Å². The lowest BCUT2D eigenvalue weighted by atomic mass is 10.0. The Morgan fingerprint density at radius 2 is 2.10 bits per heavy atom. The second kappa shape index (κ2) is 9.31. The van der Waals surface area contributed by atoms with E-state index in [2.05, 4.69) is 13.8 Å². The van der Waals surface area contributed by atoms with Crippen LogP contribution in [0.15, 0.2) is 12.1 Å². The Bertz CT molecular complexity index is 441. The highest BCUT2D eigenvalue weighted by atomic mass is 35.5. The van der Waals surface area contributed by atoms with Crippen LogP contribution in [0.2, 0.25) is 5.02 Å². The summed E-state index contributed by atoms with van der Waals surface area (Å²) in [5.74, 6) is -0.791. The molecule has 0 aromatic heterocycles. The largest absolute Gasteiger partial charge is 0.480 e. The van der Waals surface area contributed by atoms with Gasteiger partial charge in [0.05, 0.1) is 0 Å². The van der Waals surface area contributed by atoms with Gasteiger partial charge in [-0.3, -0.25) is 9.59 Å². The van der Waals surface area contributed by atoms with Crippen LogP contribution in [0.1, 0.15) is 25.0 Å². The van der Waals surface area contributed by atoms with Gasteiger partial charge in [0.2, 0.25) is 6.41 Å². The molecule has 1 rings (SSSR count). The molecule has 20 heavy (non-hydrogen) atoms. The molecule has 0 atom stereocenters. The third-order valence-electron chi connectivity index (χ3n) is 2.23. The number of amides is 1. The van der Waals surface area contributed by atoms with Crippen LogP contribution in [-0.2, 0) is 16.0 Å². The summed E-state index contributed by atoms with van der Waals surface area (Å²) in [6.07, 6.45) is 1.04. The van der Waals surface area contributed by atoms with E-state index in [1.807, 2.05) is 18.3 Å². The Kier molecular flexibility index (Phi) is 8.56. The number of carboxylic acid groups (broad SMARTS) is 1. The summed E-state index contributed by atoms with van der Waals surface area (Å²) in [4.78, 5) is 18.9. The maximum atomic E-state index is 13.4. The van der Waals surface area contributed by atoms with E-state index in [9.17, 15) is 14.0 Å². The van der Waals surface area contributed by atoms with E-state index in [1.165, 1.54) is 6.07 Å². The van der Waals surface area contributed by atoms with Crippen molar-refractivity contribution >= 4 is 24.0 Å². The number of hydrogen-bond donors (Lipinski definition) is 2. The number of carbonyl (C=O) groups excluding carboxylic acids is 1. The summed E-state index contributed by atoms with van der Waals surface area (Å²) in [6, 6.07) is 3.34. The molecule has 1 aromatic rings. The second-order valence-electron chi connectivity index (χ2n) is 4.70. The molecule has 0 saturated carbocycles. The summed E-state index contributed by atoms with van der Waals surface area (Å²) in [5.41, 5.74) is 1.51. The molecule has 1 aromatic carbocycles. The molecule has 0 spiro atoms. The number of rotatable bonds is 5. The molecule has 2 N–H and O–H groups in total. The quantitative estimate of drug-likeness (QED) is 0.822. The molecule has 0 heterocycles. The minimum atomic E-state index is -1.04. The Hall–Kier alpha value is -1.62. The lowest BCUT2D eigenvalue weighted by molar-refractivity contribution is -0.136. The minimum Gasteiger partial charge on any atom is -0.480 e. The van der Waals surface area contributed by atoms with Crippen molar-refractivity contribution in [3.8, 4) is 0 Å². The van der Waals surface area contributed by atoms with E-state index < -0.39 is 5.97 Å². The van der Waals surface area contributed by atoms with Gasteiger partial charge in [-0.15, -0.1) is 0 Å². The number of hydrogen-bond acceptors (Lipinski definition) is 2. The fourth-order valence-electron chi connectivity index (χ4n) is 1.46. The van der Waals surface area contributed by atoms with Gasteiger partial charge in [0.25, 0.3) is 0 Å². The van der Waals surface area contributed by atoms with Gasteiger partial charge in [0.15, 0.2) is 0 Å². The van der Waals surface area contributed by atoms with Crippen molar-refractivity contribution in [2.75, 3.05) is 6.54 Å². The van der Waals surface area contributed by atoms with Crippen molar-refractivity contribution in [1.82, 2.24) is 5.32 Å². The standard InChI is InChI=1S/C11H14ClF.C3H5NO3/c1-7(2)4-9-10(12)5-8(3)6-11(9)13;5-2-4-1-3(6)7/h5-7H,4H2,1-3H3;2H,1H2,(H,4,5)(H,6,7). The van der Waals surface area contributed by atoms with Crippen molar-refractivity contribution < 1.29 is 19.1 Å². The molecule has 0 aliphatic rings. The van der Waals surface area contributed by atoms with Crippen LogP contribution in [0.4, 0.5) is 4.39 Å².